The highest BCUT2D eigenvalue weighted by molar-refractivity contribution is 5.17. The summed E-state index contributed by atoms with van der Waals surface area (Å²) in [5.41, 5.74) is 1.22. The molecule has 0 radical (unpaired) electrons. The van der Waals surface area contributed by atoms with E-state index in [4.69, 9.17) is 0 Å². The van der Waals surface area contributed by atoms with Crippen LogP contribution in [-0.4, -0.2) is 16.2 Å². The first-order chi connectivity index (χ1) is 9.15. The minimum atomic E-state index is -0.353. The molecule has 4 bridgehead atoms. The summed E-state index contributed by atoms with van der Waals surface area (Å²) in [7, 11) is 0. The Labute approximate surface area is 115 Å². The number of hydrogen-bond donors (Lipinski definition) is 2. The van der Waals surface area contributed by atoms with E-state index < -0.39 is 0 Å². The van der Waals surface area contributed by atoms with Crippen LogP contribution in [0, 0.1) is 11.8 Å². The molecule has 1 aromatic carbocycles. The Morgan fingerprint density at radius 1 is 1.05 bits per heavy atom. The van der Waals surface area contributed by atoms with Gasteiger partial charge in [0.05, 0.1) is 5.60 Å². The lowest BCUT2D eigenvalue weighted by Gasteiger charge is -2.60. The Morgan fingerprint density at radius 3 is 2.37 bits per heavy atom. The summed E-state index contributed by atoms with van der Waals surface area (Å²) in [6.45, 7) is 0.941. The molecule has 0 heterocycles. The van der Waals surface area contributed by atoms with Crippen LogP contribution < -0.4 is 5.32 Å². The van der Waals surface area contributed by atoms with E-state index in [1.807, 2.05) is 0 Å². The summed E-state index contributed by atoms with van der Waals surface area (Å²) in [5.74, 6) is 1.52. The topological polar surface area (TPSA) is 32.3 Å². The molecule has 1 aromatic rings. The van der Waals surface area contributed by atoms with Crippen molar-refractivity contribution in [2.24, 2.45) is 11.8 Å². The fraction of sp³-hybridized carbons (Fsp3) is 0.647. The zero-order valence-electron chi connectivity index (χ0n) is 11.4. The van der Waals surface area contributed by atoms with Gasteiger partial charge in [0.15, 0.2) is 0 Å². The van der Waals surface area contributed by atoms with Crippen LogP contribution in [0.15, 0.2) is 30.3 Å². The normalized spacial score (nSPS) is 43.6. The average molecular weight is 257 g/mol. The van der Waals surface area contributed by atoms with Gasteiger partial charge in [-0.3, -0.25) is 0 Å². The molecule has 0 aromatic heterocycles. The maximum atomic E-state index is 10.7. The van der Waals surface area contributed by atoms with Crippen LogP contribution in [0.3, 0.4) is 0 Å². The van der Waals surface area contributed by atoms with Crippen LogP contribution in [0.25, 0.3) is 0 Å². The van der Waals surface area contributed by atoms with Gasteiger partial charge in [-0.1, -0.05) is 30.3 Å². The molecule has 19 heavy (non-hydrogen) atoms. The quantitative estimate of drug-likeness (QED) is 0.872. The molecule has 4 aliphatic rings. The Morgan fingerprint density at radius 2 is 1.74 bits per heavy atom. The van der Waals surface area contributed by atoms with Crippen molar-refractivity contribution in [2.75, 3.05) is 0 Å². The summed E-state index contributed by atoms with van der Waals surface area (Å²) < 4.78 is 0. The molecule has 4 fully saturated rings. The third kappa shape index (κ3) is 2.11. The van der Waals surface area contributed by atoms with Gasteiger partial charge in [0.1, 0.15) is 0 Å². The van der Waals surface area contributed by atoms with E-state index in [1.54, 1.807) is 0 Å². The van der Waals surface area contributed by atoms with Crippen molar-refractivity contribution in [1.82, 2.24) is 5.32 Å². The highest BCUT2D eigenvalue weighted by Gasteiger charge is 2.56. The molecular weight excluding hydrogens is 234 g/mol. The van der Waals surface area contributed by atoms with Crippen molar-refractivity contribution in [3.63, 3.8) is 0 Å². The molecule has 2 nitrogen and oxygen atoms in total. The highest BCUT2D eigenvalue weighted by atomic mass is 16.3. The van der Waals surface area contributed by atoms with Gasteiger partial charge in [0.2, 0.25) is 0 Å². The van der Waals surface area contributed by atoms with Gasteiger partial charge in [0, 0.05) is 12.1 Å². The second-order valence-electron chi connectivity index (χ2n) is 7.30. The molecule has 0 spiro atoms. The first kappa shape index (κ1) is 11.9. The van der Waals surface area contributed by atoms with E-state index >= 15 is 0 Å². The Balaban J connectivity index is 1.51. The maximum absolute atomic E-state index is 10.7. The van der Waals surface area contributed by atoms with Gasteiger partial charge in [-0.05, 0) is 55.9 Å². The largest absolute Gasteiger partial charge is 0.390 e. The summed E-state index contributed by atoms with van der Waals surface area (Å²) in [6.07, 6.45) is 6.99. The number of benzene rings is 1. The van der Waals surface area contributed by atoms with Crippen molar-refractivity contribution in [3.05, 3.63) is 35.9 Å². The van der Waals surface area contributed by atoms with Gasteiger partial charge in [-0.15, -0.1) is 0 Å². The number of aliphatic hydroxyl groups is 1. The monoisotopic (exact) mass is 257 g/mol. The summed E-state index contributed by atoms with van der Waals surface area (Å²) in [6, 6.07) is 10.6. The molecule has 2 atom stereocenters. The van der Waals surface area contributed by atoms with Gasteiger partial charge in [-0.25, -0.2) is 0 Å². The SMILES string of the molecule is OC12CC3CC(C1)CC(NCc1ccccc1)(C3)C2. The van der Waals surface area contributed by atoms with Gasteiger partial charge in [-0.2, -0.15) is 0 Å². The maximum Gasteiger partial charge on any atom is 0.0670 e. The van der Waals surface area contributed by atoms with Crippen molar-refractivity contribution in [2.45, 2.75) is 56.2 Å². The van der Waals surface area contributed by atoms with E-state index in [0.717, 1.165) is 37.6 Å². The molecule has 5 rings (SSSR count). The molecule has 102 valence electrons. The van der Waals surface area contributed by atoms with Crippen LogP contribution in [-0.2, 0) is 6.54 Å². The molecule has 2 N–H and O–H groups in total. The molecular formula is C17H23NO. The van der Waals surface area contributed by atoms with Crippen molar-refractivity contribution in [1.29, 1.82) is 0 Å². The molecule has 0 amide bonds. The molecule has 4 aliphatic carbocycles. The van der Waals surface area contributed by atoms with E-state index in [9.17, 15) is 5.11 Å². The van der Waals surface area contributed by atoms with Crippen LogP contribution in [0.2, 0.25) is 0 Å². The lowest BCUT2D eigenvalue weighted by atomic mass is 9.51. The lowest BCUT2D eigenvalue weighted by molar-refractivity contribution is -0.142. The summed E-state index contributed by atoms with van der Waals surface area (Å²) in [4.78, 5) is 0. The Hall–Kier alpha value is -0.860. The van der Waals surface area contributed by atoms with Gasteiger partial charge < -0.3 is 10.4 Å². The zero-order chi connectivity index (χ0) is 12.9. The molecule has 0 aliphatic heterocycles. The third-order valence-corrected chi connectivity index (χ3v) is 5.54. The molecule has 0 saturated heterocycles. The number of nitrogens with one attached hydrogen (secondary N) is 1. The summed E-state index contributed by atoms with van der Waals surface area (Å²) in [5, 5.41) is 14.5. The molecule has 2 unspecified atom stereocenters. The van der Waals surface area contributed by atoms with Crippen molar-refractivity contribution >= 4 is 0 Å². The second-order valence-corrected chi connectivity index (χ2v) is 7.30. The molecule has 4 saturated carbocycles. The smallest absolute Gasteiger partial charge is 0.0670 e. The van der Waals surface area contributed by atoms with Crippen molar-refractivity contribution < 1.29 is 5.11 Å². The van der Waals surface area contributed by atoms with Gasteiger partial charge >= 0.3 is 0 Å². The Kier molecular flexibility index (Phi) is 2.55. The standard InChI is InChI=1S/C17H23NO/c19-17-9-14-6-15(10-17)8-16(7-14,12-17)18-11-13-4-2-1-3-5-13/h1-5,14-15,18-19H,6-12H2. The average Bonchev–Trinajstić information content (AvgIpc) is 2.35. The van der Waals surface area contributed by atoms with Gasteiger partial charge in [0.25, 0.3) is 0 Å². The van der Waals surface area contributed by atoms with E-state index in [1.165, 1.54) is 24.8 Å². The van der Waals surface area contributed by atoms with Crippen LogP contribution in [0.4, 0.5) is 0 Å². The zero-order valence-corrected chi connectivity index (χ0v) is 11.4. The van der Waals surface area contributed by atoms with E-state index in [0.29, 0.717) is 0 Å². The number of rotatable bonds is 3. The van der Waals surface area contributed by atoms with Crippen molar-refractivity contribution in [3.8, 4) is 0 Å². The highest BCUT2D eigenvalue weighted by Crippen LogP contribution is 2.57. The van der Waals surface area contributed by atoms with E-state index in [-0.39, 0.29) is 11.1 Å². The van der Waals surface area contributed by atoms with Crippen LogP contribution in [0.1, 0.15) is 44.1 Å². The predicted molar refractivity (Wildman–Crippen MR) is 75.6 cm³/mol. The minimum Gasteiger partial charge on any atom is -0.390 e. The third-order valence-electron chi connectivity index (χ3n) is 5.54. The first-order valence-corrected chi connectivity index (χ1v) is 7.66. The lowest BCUT2D eigenvalue weighted by Crippen LogP contribution is -2.64. The van der Waals surface area contributed by atoms with E-state index in [2.05, 4.69) is 35.6 Å². The minimum absolute atomic E-state index is 0.217. The van der Waals surface area contributed by atoms with Crippen LogP contribution >= 0.6 is 0 Å². The molecule has 2 heteroatoms. The predicted octanol–water partition coefficient (Wildman–Crippen LogP) is 2.86. The number of hydrogen-bond acceptors (Lipinski definition) is 2. The summed E-state index contributed by atoms with van der Waals surface area (Å²) >= 11 is 0. The second kappa shape index (κ2) is 4.07. The fourth-order valence-electron chi connectivity index (χ4n) is 5.31. The fourth-order valence-corrected chi connectivity index (χ4v) is 5.31. The first-order valence-electron chi connectivity index (χ1n) is 7.66. The Bertz CT molecular complexity index is 455. The van der Waals surface area contributed by atoms with Crippen LogP contribution in [0.5, 0.6) is 0 Å².